The maximum absolute atomic E-state index is 13.3. The Labute approximate surface area is 144 Å². The summed E-state index contributed by atoms with van der Waals surface area (Å²) in [4.78, 5) is -2.93. The van der Waals surface area contributed by atoms with Crippen molar-refractivity contribution in [2.45, 2.75) is 17.5 Å². The van der Waals surface area contributed by atoms with Crippen LogP contribution in [0.4, 0.5) is 13.2 Å². The molecule has 1 aromatic rings. The summed E-state index contributed by atoms with van der Waals surface area (Å²) >= 11 is 11.3. The normalized spacial score (nSPS) is 20.6. The lowest BCUT2D eigenvalue weighted by Gasteiger charge is -2.32. The third-order valence-electron chi connectivity index (χ3n) is 3.52. The van der Waals surface area contributed by atoms with E-state index < -0.39 is 45.1 Å². The molecule has 0 radical (unpaired) electrons. The second-order valence-electron chi connectivity index (χ2n) is 4.95. The number of alkyl halides is 4. The number of benzene rings is 1. The minimum Gasteiger partial charge on any atom is -0.506 e. The van der Waals surface area contributed by atoms with E-state index in [4.69, 9.17) is 33.7 Å². The van der Waals surface area contributed by atoms with Gasteiger partial charge in [0, 0.05) is 23.1 Å². The van der Waals surface area contributed by atoms with Crippen LogP contribution in [0.25, 0.3) is 5.57 Å². The third-order valence-corrected chi connectivity index (χ3v) is 4.62. The first-order valence-electron chi connectivity index (χ1n) is 6.28. The Kier molecular flexibility index (Phi) is 4.45. The Morgan fingerprint density at radius 2 is 1.58 bits per heavy atom. The van der Waals surface area contributed by atoms with Gasteiger partial charge >= 0.3 is 6.18 Å². The van der Waals surface area contributed by atoms with Gasteiger partial charge in [0.1, 0.15) is 34.8 Å². The van der Waals surface area contributed by atoms with Crippen LogP contribution < -0.4 is 0 Å². The van der Waals surface area contributed by atoms with Gasteiger partial charge in [0.15, 0.2) is 4.87 Å². The van der Waals surface area contributed by atoms with Crippen molar-refractivity contribution < 1.29 is 23.4 Å². The van der Waals surface area contributed by atoms with Crippen LogP contribution >= 0.6 is 23.2 Å². The lowest BCUT2D eigenvalue weighted by atomic mass is 9.84. The standard InChI is InChI=1S/C15H7Cl2F3N2O2/c16-12-2-1-7(4-14(12,17)15(18,19)20)13-8(5-21)10(23)3-11(24)9(13)6-22/h1-3,23-24H,4H2. The number of halogens is 5. The largest absolute Gasteiger partial charge is 0.506 e. The van der Waals surface area contributed by atoms with Crippen molar-refractivity contribution in [1.29, 1.82) is 10.5 Å². The average molecular weight is 375 g/mol. The lowest BCUT2D eigenvalue weighted by molar-refractivity contribution is -0.150. The summed E-state index contributed by atoms with van der Waals surface area (Å²) in [6, 6.07) is 3.99. The summed E-state index contributed by atoms with van der Waals surface area (Å²) in [6.45, 7) is 0. The zero-order valence-corrected chi connectivity index (χ0v) is 13.1. The molecule has 2 N–H and O–H groups in total. The molecule has 1 aliphatic rings. The van der Waals surface area contributed by atoms with Crippen LogP contribution in [0.3, 0.4) is 0 Å². The van der Waals surface area contributed by atoms with Crippen molar-refractivity contribution in [1.82, 2.24) is 0 Å². The number of allylic oxidation sites excluding steroid dienone is 4. The van der Waals surface area contributed by atoms with E-state index in [9.17, 15) is 23.4 Å². The second-order valence-corrected chi connectivity index (χ2v) is 6.00. The van der Waals surface area contributed by atoms with E-state index >= 15 is 0 Å². The first-order chi connectivity index (χ1) is 11.1. The smallest absolute Gasteiger partial charge is 0.412 e. The quantitative estimate of drug-likeness (QED) is 0.717. The number of phenols is 2. The molecule has 0 fully saturated rings. The maximum atomic E-state index is 13.3. The van der Waals surface area contributed by atoms with Gasteiger partial charge in [0.25, 0.3) is 0 Å². The Hall–Kier alpha value is -2.35. The fraction of sp³-hybridized carbons (Fsp3) is 0.200. The van der Waals surface area contributed by atoms with E-state index in [1.165, 1.54) is 0 Å². The molecule has 24 heavy (non-hydrogen) atoms. The van der Waals surface area contributed by atoms with Gasteiger partial charge < -0.3 is 10.2 Å². The van der Waals surface area contributed by atoms with E-state index in [0.717, 1.165) is 18.2 Å². The molecule has 0 saturated heterocycles. The minimum absolute atomic E-state index is 0.161. The van der Waals surface area contributed by atoms with Gasteiger partial charge in [-0.3, -0.25) is 0 Å². The van der Waals surface area contributed by atoms with Crippen molar-refractivity contribution in [2.24, 2.45) is 0 Å². The molecule has 124 valence electrons. The van der Waals surface area contributed by atoms with Gasteiger partial charge in [0.05, 0.1) is 0 Å². The zero-order chi connectivity index (χ0) is 18.3. The first kappa shape index (κ1) is 18.0. The van der Waals surface area contributed by atoms with Crippen molar-refractivity contribution in [3.05, 3.63) is 39.9 Å². The second kappa shape index (κ2) is 5.94. The molecule has 0 amide bonds. The molecule has 9 heteroatoms. The number of hydrogen-bond donors (Lipinski definition) is 2. The average Bonchev–Trinajstić information content (AvgIpc) is 2.48. The Bertz CT molecular complexity index is 825. The molecular formula is C15H7Cl2F3N2O2. The lowest BCUT2D eigenvalue weighted by Crippen LogP contribution is -2.41. The highest BCUT2D eigenvalue weighted by Crippen LogP contribution is 2.52. The number of rotatable bonds is 1. The van der Waals surface area contributed by atoms with E-state index in [1.54, 1.807) is 12.1 Å². The van der Waals surface area contributed by atoms with Gasteiger partial charge in [-0.1, -0.05) is 17.7 Å². The van der Waals surface area contributed by atoms with E-state index in [2.05, 4.69) is 0 Å². The zero-order valence-electron chi connectivity index (χ0n) is 11.6. The first-order valence-corrected chi connectivity index (χ1v) is 7.04. The van der Waals surface area contributed by atoms with Crippen LogP contribution in [0.1, 0.15) is 23.1 Å². The van der Waals surface area contributed by atoms with Crippen LogP contribution in [-0.2, 0) is 0 Å². The van der Waals surface area contributed by atoms with Gasteiger partial charge in [-0.25, -0.2) is 0 Å². The summed E-state index contributed by atoms with van der Waals surface area (Å²) in [6.07, 6.45) is -3.71. The molecule has 2 rings (SSSR count). The summed E-state index contributed by atoms with van der Waals surface area (Å²) in [7, 11) is 0. The summed E-state index contributed by atoms with van der Waals surface area (Å²) in [5.41, 5.74) is -1.36. The highest BCUT2D eigenvalue weighted by atomic mass is 35.5. The van der Waals surface area contributed by atoms with Crippen molar-refractivity contribution in [2.75, 3.05) is 0 Å². The fourth-order valence-electron chi connectivity index (χ4n) is 2.32. The van der Waals surface area contributed by atoms with Gasteiger partial charge in [0.2, 0.25) is 0 Å². The molecule has 0 saturated carbocycles. The van der Waals surface area contributed by atoms with Gasteiger partial charge in [-0.2, -0.15) is 23.7 Å². The van der Waals surface area contributed by atoms with Gasteiger partial charge in [-0.15, -0.1) is 11.6 Å². The Morgan fingerprint density at radius 1 is 1.08 bits per heavy atom. The number of aromatic hydroxyl groups is 2. The van der Waals surface area contributed by atoms with Crippen LogP contribution in [0.2, 0.25) is 0 Å². The topological polar surface area (TPSA) is 88.0 Å². The maximum Gasteiger partial charge on any atom is 0.412 e. The third kappa shape index (κ3) is 2.66. The molecule has 1 aromatic carbocycles. The van der Waals surface area contributed by atoms with Crippen LogP contribution in [0.15, 0.2) is 23.3 Å². The molecule has 0 aliphatic heterocycles. The molecule has 1 aliphatic carbocycles. The molecule has 0 spiro atoms. The van der Waals surface area contributed by atoms with E-state index in [0.29, 0.717) is 0 Å². The SMILES string of the molecule is N#Cc1c(O)cc(O)c(C#N)c1C1=CC=C(Cl)C(Cl)(C(F)(F)F)C1. The highest BCUT2D eigenvalue weighted by molar-refractivity contribution is 6.40. The number of phenolic OH excluding ortho intramolecular Hbond substituents is 2. The summed E-state index contributed by atoms with van der Waals surface area (Å²) < 4.78 is 39.8. The molecule has 0 bridgehead atoms. The fourth-order valence-corrected chi connectivity index (χ4v) is 2.77. The Balaban J connectivity index is 2.76. The monoisotopic (exact) mass is 374 g/mol. The Morgan fingerprint density at radius 3 is 2.00 bits per heavy atom. The minimum atomic E-state index is -4.90. The summed E-state index contributed by atoms with van der Waals surface area (Å²) in [5.74, 6) is -1.34. The summed E-state index contributed by atoms with van der Waals surface area (Å²) in [5, 5.41) is 37.1. The number of nitrogens with zero attached hydrogens (tertiary/aromatic N) is 2. The molecule has 1 unspecified atom stereocenters. The molecule has 4 nitrogen and oxygen atoms in total. The van der Waals surface area contributed by atoms with E-state index in [1.807, 2.05) is 0 Å². The van der Waals surface area contributed by atoms with Crippen molar-refractivity contribution in [3.8, 4) is 23.6 Å². The van der Waals surface area contributed by atoms with Crippen molar-refractivity contribution >= 4 is 28.8 Å². The van der Waals surface area contributed by atoms with Crippen molar-refractivity contribution in [3.63, 3.8) is 0 Å². The number of hydrogen-bond acceptors (Lipinski definition) is 4. The molecular weight excluding hydrogens is 368 g/mol. The molecule has 0 aromatic heterocycles. The predicted octanol–water partition coefficient (Wildman–Crippen LogP) is 4.29. The van der Waals surface area contributed by atoms with Crippen LogP contribution in [0, 0.1) is 22.7 Å². The van der Waals surface area contributed by atoms with E-state index in [-0.39, 0.29) is 11.1 Å². The van der Waals surface area contributed by atoms with Gasteiger partial charge in [-0.05, 0) is 11.6 Å². The van der Waals surface area contributed by atoms with Crippen LogP contribution in [-0.4, -0.2) is 21.3 Å². The van der Waals surface area contributed by atoms with Crippen LogP contribution in [0.5, 0.6) is 11.5 Å². The molecule has 0 heterocycles. The number of nitriles is 2. The highest BCUT2D eigenvalue weighted by Gasteiger charge is 2.57. The predicted molar refractivity (Wildman–Crippen MR) is 80.4 cm³/mol. The molecule has 1 atom stereocenters.